The number of nitrogens with one attached hydrogen (secondary N) is 1. The summed E-state index contributed by atoms with van der Waals surface area (Å²) >= 11 is 1.57. The number of aromatic nitrogens is 2. The van der Waals surface area contributed by atoms with E-state index in [1.54, 1.807) is 22.9 Å². The number of hydrogen-bond donors (Lipinski definition) is 2. The topological polar surface area (TPSA) is 75.1 Å². The largest absolute Gasteiger partial charge is 0.477 e. The molecule has 0 aliphatic carbocycles. The summed E-state index contributed by atoms with van der Waals surface area (Å²) < 4.78 is 0. The minimum absolute atomic E-state index is 0.0451. The van der Waals surface area contributed by atoms with Gasteiger partial charge in [0.05, 0.1) is 11.2 Å². The van der Waals surface area contributed by atoms with Gasteiger partial charge in [-0.2, -0.15) is 0 Å². The molecule has 0 aliphatic rings. The lowest BCUT2D eigenvalue weighted by atomic mass is 10.3. The van der Waals surface area contributed by atoms with Crippen molar-refractivity contribution in [2.24, 2.45) is 0 Å². The molecule has 0 atom stereocenters. The van der Waals surface area contributed by atoms with E-state index in [0.29, 0.717) is 6.54 Å². The van der Waals surface area contributed by atoms with Crippen molar-refractivity contribution in [3.63, 3.8) is 0 Å². The lowest BCUT2D eigenvalue weighted by molar-refractivity contribution is 0.0690. The molecule has 6 heteroatoms. The molecule has 0 spiro atoms. The molecule has 0 radical (unpaired) electrons. The van der Waals surface area contributed by atoms with E-state index in [0.717, 1.165) is 17.8 Å². The molecule has 2 aromatic rings. The van der Waals surface area contributed by atoms with E-state index >= 15 is 0 Å². The third-order valence-corrected chi connectivity index (χ3v) is 2.81. The van der Waals surface area contributed by atoms with Gasteiger partial charge in [0.25, 0.3) is 0 Å². The number of nitrogens with zero attached hydrogens (tertiary/aromatic N) is 2. The predicted octanol–water partition coefficient (Wildman–Crippen LogP) is 1.89. The van der Waals surface area contributed by atoms with Gasteiger partial charge in [-0.05, 0) is 12.1 Å². The van der Waals surface area contributed by atoms with E-state index < -0.39 is 5.97 Å². The van der Waals surface area contributed by atoms with Crippen molar-refractivity contribution in [3.05, 3.63) is 40.6 Å². The van der Waals surface area contributed by atoms with Gasteiger partial charge in [0.15, 0.2) is 0 Å². The summed E-state index contributed by atoms with van der Waals surface area (Å²) in [6, 6.07) is 3.26. The first kappa shape index (κ1) is 11.5. The van der Waals surface area contributed by atoms with Crippen molar-refractivity contribution in [3.8, 4) is 0 Å². The summed E-state index contributed by atoms with van der Waals surface area (Å²) in [5, 5.41) is 13.9. The third-order valence-electron chi connectivity index (χ3n) is 2.17. The molecule has 0 aromatic carbocycles. The van der Waals surface area contributed by atoms with Gasteiger partial charge in [-0.15, -0.1) is 11.3 Å². The standard InChI is InChI=1S/C11H11N3O2S/c15-11(16)10-5-8(1-4-13-10)12-3-2-9-6-17-7-14-9/h1,4-7H,2-3H2,(H,12,13)(H,15,16). The number of carboxylic acids is 1. The number of carbonyl (C=O) groups is 1. The fourth-order valence-electron chi connectivity index (χ4n) is 1.35. The summed E-state index contributed by atoms with van der Waals surface area (Å²) in [5.74, 6) is -1.02. The van der Waals surface area contributed by atoms with Crippen molar-refractivity contribution < 1.29 is 9.90 Å². The quantitative estimate of drug-likeness (QED) is 0.846. The second-order valence-electron chi connectivity index (χ2n) is 3.39. The number of anilines is 1. The highest BCUT2D eigenvalue weighted by Crippen LogP contribution is 2.08. The van der Waals surface area contributed by atoms with E-state index in [9.17, 15) is 4.79 Å². The van der Waals surface area contributed by atoms with Crippen molar-refractivity contribution in [2.75, 3.05) is 11.9 Å². The Bertz CT molecular complexity index is 499. The summed E-state index contributed by atoms with van der Waals surface area (Å²) in [5.41, 5.74) is 3.64. The zero-order valence-electron chi connectivity index (χ0n) is 8.96. The molecule has 2 aromatic heterocycles. The zero-order chi connectivity index (χ0) is 12.1. The highest BCUT2D eigenvalue weighted by atomic mass is 32.1. The average Bonchev–Trinajstić information content (AvgIpc) is 2.82. The molecule has 2 N–H and O–H groups in total. The second-order valence-corrected chi connectivity index (χ2v) is 4.11. The van der Waals surface area contributed by atoms with Crippen LogP contribution in [0, 0.1) is 0 Å². The SMILES string of the molecule is O=C(O)c1cc(NCCc2cscn2)ccn1. The Morgan fingerprint density at radius 2 is 2.35 bits per heavy atom. The molecule has 17 heavy (non-hydrogen) atoms. The summed E-state index contributed by atoms with van der Waals surface area (Å²) in [6.45, 7) is 0.715. The normalized spacial score (nSPS) is 10.1. The Labute approximate surface area is 102 Å². The fourth-order valence-corrected chi connectivity index (χ4v) is 1.95. The first-order valence-electron chi connectivity index (χ1n) is 5.06. The lowest BCUT2D eigenvalue weighted by Crippen LogP contribution is -2.07. The summed E-state index contributed by atoms with van der Waals surface area (Å²) in [6.07, 6.45) is 2.29. The van der Waals surface area contributed by atoms with Gasteiger partial charge in [-0.1, -0.05) is 0 Å². The predicted molar refractivity (Wildman–Crippen MR) is 65.5 cm³/mol. The molecule has 5 nitrogen and oxygen atoms in total. The van der Waals surface area contributed by atoms with Crippen LogP contribution in [0.2, 0.25) is 0 Å². The highest BCUT2D eigenvalue weighted by molar-refractivity contribution is 7.07. The monoisotopic (exact) mass is 249 g/mol. The van der Waals surface area contributed by atoms with E-state index in [2.05, 4.69) is 15.3 Å². The Morgan fingerprint density at radius 1 is 1.47 bits per heavy atom. The fraction of sp³-hybridized carbons (Fsp3) is 0.182. The van der Waals surface area contributed by atoms with Crippen LogP contribution in [0.4, 0.5) is 5.69 Å². The maximum atomic E-state index is 10.7. The lowest BCUT2D eigenvalue weighted by Gasteiger charge is -2.05. The number of pyridine rings is 1. The number of thiazole rings is 1. The minimum atomic E-state index is -1.02. The molecule has 0 unspecified atom stereocenters. The first-order chi connectivity index (χ1) is 8.25. The molecule has 0 aliphatic heterocycles. The van der Waals surface area contributed by atoms with Crippen molar-refractivity contribution in [2.45, 2.75) is 6.42 Å². The van der Waals surface area contributed by atoms with Crippen molar-refractivity contribution >= 4 is 23.0 Å². The van der Waals surface area contributed by atoms with Gasteiger partial charge in [0.2, 0.25) is 0 Å². The van der Waals surface area contributed by atoms with Crippen molar-refractivity contribution in [1.82, 2.24) is 9.97 Å². The molecule has 0 saturated carbocycles. The van der Waals surface area contributed by atoms with E-state index in [-0.39, 0.29) is 5.69 Å². The molecule has 88 valence electrons. The first-order valence-corrected chi connectivity index (χ1v) is 6.00. The number of rotatable bonds is 5. The molecular formula is C11H11N3O2S. The van der Waals surface area contributed by atoms with Gasteiger partial charge in [0.1, 0.15) is 5.69 Å². The van der Waals surface area contributed by atoms with Crippen molar-refractivity contribution in [1.29, 1.82) is 0 Å². The molecule has 0 bridgehead atoms. The Balaban J connectivity index is 1.90. The van der Waals surface area contributed by atoms with E-state index in [1.165, 1.54) is 12.3 Å². The molecule has 2 heterocycles. The highest BCUT2D eigenvalue weighted by Gasteiger charge is 2.04. The number of aromatic carboxylic acids is 1. The summed E-state index contributed by atoms with van der Waals surface area (Å²) in [7, 11) is 0. The molecule has 0 saturated heterocycles. The van der Waals surface area contributed by atoms with Crippen LogP contribution < -0.4 is 5.32 Å². The van der Waals surface area contributed by atoms with Gasteiger partial charge in [-0.25, -0.2) is 14.8 Å². The van der Waals surface area contributed by atoms with Gasteiger partial charge >= 0.3 is 5.97 Å². The maximum Gasteiger partial charge on any atom is 0.354 e. The van der Waals surface area contributed by atoms with Gasteiger partial charge in [-0.3, -0.25) is 0 Å². The molecular weight excluding hydrogens is 238 g/mol. The smallest absolute Gasteiger partial charge is 0.354 e. The van der Waals surface area contributed by atoms with Gasteiger partial charge < -0.3 is 10.4 Å². The Morgan fingerprint density at radius 3 is 3.06 bits per heavy atom. The van der Waals surface area contributed by atoms with Crippen LogP contribution in [-0.2, 0) is 6.42 Å². The molecule has 2 rings (SSSR count). The Hall–Kier alpha value is -1.95. The molecule has 0 fully saturated rings. The second kappa shape index (κ2) is 5.40. The zero-order valence-corrected chi connectivity index (χ0v) is 9.78. The maximum absolute atomic E-state index is 10.7. The average molecular weight is 249 g/mol. The van der Waals surface area contributed by atoms with Crippen LogP contribution in [-0.4, -0.2) is 27.6 Å². The van der Waals surface area contributed by atoms with Crippen LogP contribution in [0.5, 0.6) is 0 Å². The Kier molecular flexibility index (Phi) is 3.66. The molecule has 0 amide bonds. The number of carboxylic acid groups (broad SMARTS) is 1. The van der Waals surface area contributed by atoms with Crippen LogP contribution in [0.3, 0.4) is 0 Å². The summed E-state index contributed by atoms with van der Waals surface area (Å²) in [4.78, 5) is 18.6. The van der Waals surface area contributed by atoms with Crippen LogP contribution in [0.1, 0.15) is 16.2 Å². The van der Waals surface area contributed by atoms with Crippen LogP contribution >= 0.6 is 11.3 Å². The van der Waals surface area contributed by atoms with Crippen LogP contribution in [0.25, 0.3) is 0 Å². The number of hydrogen-bond acceptors (Lipinski definition) is 5. The van der Waals surface area contributed by atoms with E-state index in [4.69, 9.17) is 5.11 Å². The third kappa shape index (κ3) is 3.25. The van der Waals surface area contributed by atoms with E-state index in [1.807, 2.05) is 5.38 Å². The van der Waals surface area contributed by atoms with Crippen LogP contribution in [0.15, 0.2) is 29.2 Å². The van der Waals surface area contributed by atoms with Gasteiger partial charge in [0, 0.05) is 30.2 Å². The minimum Gasteiger partial charge on any atom is -0.477 e.